The number of methoxy groups -OCH3 is 4. The second kappa shape index (κ2) is 9.37. The van der Waals surface area contributed by atoms with Crippen LogP contribution in [0.1, 0.15) is 0 Å². The molecule has 9 nitrogen and oxygen atoms in total. The lowest BCUT2D eigenvalue weighted by molar-refractivity contribution is -0.114. The van der Waals surface area contributed by atoms with E-state index < -0.39 is 15.7 Å². The zero-order chi connectivity index (χ0) is 21.6. The molecule has 2 aromatic carbocycles. The molecule has 2 N–H and O–H groups in total. The highest BCUT2D eigenvalue weighted by Gasteiger charge is 2.23. The summed E-state index contributed by atoms with van der Waals surface area (Å²) in [5.74, 6) is 0.931. The molecule has 0 spiro atoms. The predicted octanol–water partition coefficient (Wildman–Crippen LogP) is 2.18. The topological polar surface area (TPSA) is 112 Å². The third-order valence-electron chi connectivity index (χ3n) is 3.99. The van der Waals surface area contributed by atoms with Crippen molar-refractivity contribution in [3.05, 3.63) is 30.3 Å². The number of nitrogens with one attached hydrogen (secondary N) is 2. The highest BCUT2D eigenvalue weighted by Crippen LogP contribution is 2.39. The van der Waals surface area contributed by atoms with E-state index in [4.69, 9.17) is 18.9 Å². The number of anilines is 2. The SMILES string of the molecule is COc1ccc(OC)c(NC(=O)CNc2ccc(OC)c(OC)c2S(C)(=O)=O)c1. The van der Waals surface area contributed by atoms with E-state index in [2.05, 4.69) is 10.6 Å². The maximum absolute atomic E-state index is 12.4. The average molecular weight is 424 g/mol. The standard InChI is InChI=1S/C19H24N2O7S/c1-25-12-6-8-15(26-2)14(10-12)21-17(22)11-20-13-7-9-16(27-3)18(28-4)19(13)29(5,23)24/h6-10,20H,11H2,1-5H3,(H,21,22). The summed E-state index contributed by atoms with van der Waals surface area (Å²) in [6.45, 7) is -0.196. The molecule has 0 saturated heterocycles. The van der Waals surface area contributed by atoms with Gasteiger partial charge in [0.1, 0.15) is 16.4 Å². The molecule has 2 aromatic rings. The zero-order valence-electron chi connectivity index (χ0n) is 16.9. The quantitative estimate of drug-likeness (QED) is 0.630. The summed E-state index contributed by atoms with van der Waals surface area (Å²) in [6.07, 6.45) is 1.05. The minimum Gasteiger partial charge on any atom is -0.497 e. The van der Waals surface area contributed by atoms with Gasteiger partial charge < -0.3 is 29.6 Å². The number of carbonyl (C=O) groups is 1. The Morgan fingerprint density at radius 1 is 0.897 bits per heavy atom. The monoisotopic (exact) mass is 424 g/mol. The number of ether oxygens (including phenoxy) is 4. The number of rotatable bonds is 9. The molecule has 0 unspecified atom stereocenters. The fourth-order valence-corrected chi connectivity index (χ4v) is 3.75. The summed E-state index contributed by atoms with van der Waals surface area (Å²) in [5.41, 5.74) is 0.646. The van der Waals surface area contributed by atoms with Crippen LogP contribution in [0.2, 0.25) is 0 Å². The molecule has 1 amide bonds. The Labute approximate surface area is 169 Å². The van der Waals surface area contributed by atoms with Crippen LogP contribution < -0.4 is 29.6 Å². The summed E-state index contributed by atoms with van der Waals surface area (Å²) >= 11 is 0. The third kappa shape index (κ3) is 5.23. The fraction of sp³-hybridized carbons (Fsp3) is 0.316. The van der Waals surface area contributed by atoms with Gasteiger partial charge in [-0.05, 0) is 24.3 Å². The molecule has 0 saturated carbocycles. The van der Waals surface area contributed by atoms with E-state index in [9.17, 15) is 13.2 Å². The molecule has 0 fully saturated rings. The van der Waals surface area contributed by atoms with Crippen LogP contribution in [0.25, 0.3) is 0 Å². The smallest absolute Gasteiger partial charge is 0.243 e. The molecule has 0 radical (unpaired) electrons. The van der Waals surface area contributed by atoms with Crippen molar-refractivity contribution in [1.82, 2.24) is 0 Å². The molecular weight excluding hydrogens is 400 g/mol. The van der Waals surface area contributed by atoms with Gasteiger partial charge in [-0.25, -0.2) is 8.42 Å². The Bertz CT molecular complexity index is 990. The number of amides is 1. The van der Waals surface area contributed by atoms with Crippen molar-refractivity contribution in [2.24, 2.45) is 0 Å². The van der Waals surface area contributed by atoms with Crippen molar-refractivity contribution in [1.29, 1.82) is 0 Å². The molecule has 0 atom stereocenters. The normalized spacial score (nSPS) is 10.8. The number of sulfone groups is 1. The fourth-order valence-electron chi connectivity index (χ4n) is 2.69. The van der Waals surface area contributed by atoms with Crippen molar-refractivity contribution in [3.8, 4) is 23.0 Å². The molecule has 158 valence electrons. The Morgan fingerprint density at radius 3 is 2.10 bits per heavy atom. The molecule has 0 aliphatic rings. The molecule has 0 aliphatic carbocycles. The third-order valence-corrected chi connectivity index (χ3v) is 5.14. The maximum atomic E-state index is 12.4. The maximum Gasteiger partial charge on any atom is 0.243 e. The lowest BCUT2D eigenvalue weighted by Gasteiger charge is -2.17. The van der Waals surface area contributed by atoms with Gasteiger partial charge in [-0.3, -0.25) is 4.79 Å². The van der Waals surface area contributed by atoms with Crippen LogP contribution in [-0.4, -0.2) is 55.6 Å². The van der Waals surface area contributed by atoms with Crippen molar-refractivity contribution in [2.75, 3.05) is 51.9 Å². The van der Waals surface area contributed by atoms with Crippen LogP contribution in [0.4, 0.5) is 11.4 Å². The van der Waals surface area contributed by atoms with Gasteiger partial charge in [0.2, 0.25) is 5.91 Å². The van der Waals surface area contributed by atoms with Gasteiger partial charge >= 0.3 is 0 Å². The van der Waals surface area contributed by atoms with Crippen LogP contribution >= 0.6 is 0 Å². The van der Waals surface area contributed by atoms with Crippen LogP contribution in [0.3, 0.4) is 0 Å². The predicted molar refractivity (Wildman–Crippen MR) is 109 cm³/mol. The zero-order valence-corrected chi connectivity index (χ0v) is 17.7. The van der Waals surface area contributed by atoms with Gasteiger partial charge in [0.25, 0.3) is 0 Å². The number of carbonyl (C=O) groups excluding carboxylic acids is 1. The van der Waals surface area contributed by atoms with Gasteiger partial charge in [-0.15, -0.1) is 0 Å². The molecule has 10 heteroatoms. The molecule has 0 heterocycles. The van der Waals surface area contributed by atoms with Crippen LogP contribution in [-0.2, 0) is 14.6 Å². The molecule has 0 aromatic heterocycles. The van der Waals surface area contributed by atoms with E-state index >= 15 is 0 Å². The van der Waals surface area contributed by atoms with Crippen molar-refractivity contribution in [3.63, 3.8) is 0 Å². The first kappa shape index (κ1) is 22.2. The van der Waals surface area contributed by atoms with E-state index in [1.54, 1.807) is 24.3 Å². The number of hydrogen-bond acceptors (Lipinski definition) is 8. The van der Waals surface area contributed by atoms with Gasteiger partial charge in [-0.2, -0.15) is 0 Å². The number of benzene rings is 2. The highest BCUT2D eigenvalue weighted by molar-refractivity contribution is 7.91. The van der Waals surface area contributed by atoms with E-state index in [-0.39, 0.29) is 28.6 Å². The van der Waals surface area contributed by atoms with Crippen molar-refractivity contribution >= 4 is 27.1 Å². The second-order valence-corrected chi connectivity index (χ2v) is 7.87. The Hall–Kier alpha value is -3.14. The van der Waals surface area contributed by atoms with E-state index in [0.717, 1.165) is 6.26 Å². The molecular formula is C19H24N2O7S. The first-order chi connectivity index (χ1) is 13.7. The van der Waals surface area contributed by atoms with Gasteiger partial charge in [-0.1, -0.05) is 0 Å². The summed E-state index contributed by atoms with van der Waals surface area (Å²) in [6, 6.07) is 8.05. The van der Waals surface area contributed by atoms with Gasteiger partial charge in [0.05, 0.1) is 46.4 Å². The first-order valence-electron chi connectivity index (χ1n) is 8.46. The average Bonchev–Trinajstić information content (AvgIpc) is 2.70. The minimum absolute atomic E-state index is 0.0647. The molecule has 0 bridgehead atoms. The summed E-state index contributed by atoms with van der Waals surface area (Å²) in [4.78, 5) is 12.3. The van der Waals surface area contributed by atoms with Crippen molar-refractivity contribution < 1.29 is 32.2 Å². The molecule has 0 aliphatic heterocycles. The largest absolute Gasteiger partial charge is 0.497 e. The highest BCUT2D eigenvalue weighted by atomic mass is 32.2. The summed E-state index contributed by atoms with van der Waals surface area (Å²) < 4.78 is 45.3. The Morgan fingerprint density at radius 2 is 1.55 bits per heavy atom. The van der Waals surface area contributed by atoms with Crippen molar-refractivity contribution in [2.45, 2.75) is 4.90 Å². The molecule has 2 rings (SSSR count). The lowest BCUT2D eigenvalue weighted by Crippen LogP contribution is -2.23. The van der Waals surface area contributed by atoms with Gasteiger partial charge in [0, 0.05) is 12.3 Å². The Balaban J connectivity index is 2.25. The second-order valence-electron chi connectivity index (χ2n) is 5.92. The minimum atomic E-state index is -3.67. The van der Waals surface area contributed by atoms with Crippen LogP contribution in [0.15, 0.2) is 35.2 Å². The Kier molecular flexibility index (Phi) is 7.16. The van der Waals surface area contributed by atoms with E-state index in [0.29, 0.717) is 17.2 Å². The molecule has 29 heavy (non-hydrogen) atoms. The summed E-state index contributed by atoms with van der Waals surface area (Å²) in [7, 11) is 2.08. The lowest BCUT2D eigenvalue weighted by atomic mass is 10.2. The van der Waals surface area contributed by atoms with E-state index in [1.807, 2.05) is 0 Å². The number of hydrogen-bond donors (Lipinski definition) is 2. The van der Waals surface area contributed by atoms with Gasteiger partial charge in [0.15, 0.2) is 21.3 Å². The van der Waals surface area contributed by atoms with Crippen LogP contribution in [0, 0.1) is 0 Å². The summed E-state index contributed by atoms with van der Waals surface area (Å²) in [5, 5.41) is 5.54. The van der Waals surface area contributed by atoms with Crippen LogP contribution in [0.5, 0.6) is 23.0 Å². The van der Waals surface area contributed by atoms with E-state index in [1.165, 1.54) is 34.5 Å². The first-order valence-corrected chi connectivity index (χ1v) is 10.3.